The van der Waals surface area contributed by atoms with Crippen molar-refractivity contribution >= 4 is 43.4 Å². The van der Waals surface area contributed by atoms with Crippen molar-refractivity contribution in [1.29, 1.82) is 0 Å². The average molecular weight is 492 g/mol. The number of hydrogen-bond acceptors (Lipinski definition) is 6. The summed E-state index contributed by atoms with van der Waals surface area (Å²) in [6.07, 6.45) is 5.41. The van der Waals surface area contributed by atoms with Gasteiger partial charge in [0.15, 0.2) is 18.1 Å². The Labute approximate surface area is 185 Å². The molecule has 3 aromatic rings. The number of hydrogen-bond donors (Lipinski definition) is 2. The normalized spacial score (nSPS) is 13.7. The highest BCUT2D eigenvalue weighted by Crippen LogP contribution is 2.40. The molecule has 3 N–H and O–H groups in total. The molecule has 0 fully saturated rings. The molecule has 158 valence electrons. The molecule has 1 aromatic carbocycles. The summed E-state index contributed by atoms with van der Waals surface area (Å²) < 4.78 is 11.8. The quantitative estimate of drug-likeness (QED) is 0.507. The largest absolute Gasteiger partial charge is 0.490 e. The number of rotatable bonds is 6. The first-order chi connectivity index (χ1) is 14.5. The van der Waals surface area contributed by atoms with Gasteiger partial charge in [-0.2, -0.15) is 0 Å². The minimum absolute atomic E-state index is 0.113. The van der Waals surface area contributed by atoms with Gasteiger partial charge in [-0.1, -0.05) is 6.42 Å². The van der Waals surface area contributed by atoms with E-state index in [0.717, 1.165) is 35.9 Å². The molecule has 0 saturated carbocycles. The van der Waals surface area contributed by atoms with Crippen LogP contribution in [0.1, 0.15) is 36.6 Å². The Hall–Kier alpha value is -2.39. The van der Waals surface area contributed by atoms with Gasteiger partial charge in [-0.3, -0.25) is 9.59 Å². The number of ether oxygens (including phenoxy) is 2. The van der Waals surface area contributed by atoms with E-state index in [1.807, 2.05) is 6.92 Å². The Morgan fingerprint density at radius 1 is 1.27 bits per heavy atom. The Bertz CT molecular complexity index is 1170. The number of nitrogens with one attached hydrogen (secondary N) is 1. The molecule has 1 aliphatic carbocycles. The SMILES string of the molecule is CCOc1cc(-c2nc3sc4c(c3c(=O)[nH]2)CCCCC4)cc(Br)c1OCC(N)=O. The number of thiophene rings is 1. The number of fused-ring (bicyclic) bond motifs is 3. The minimum atomic E-state index is -0.581. The Morgan fingerprint density at radius 2 is 2.07 bits per heavy atom. The van der Waals surface area contributed by atoms with E-state index in [1.54, 1.807) is 23.5 Å². The van der Waals surface area contributed by atoms with Gasteiger partial charge in [0.05, 0.1) is 16.5 Å². The van der Waals surface area contributed by atoms with Gasteiger partial charge in [-0.25, -0.2) is 4.98 Å². The number of nitrogens with zero attached hydrogens (tertiary/aromatic N) is 1. The second kappa shape index (κ2) is 8.77. The maximum absolute atomic E-state index is 13.0. The number of primary amides is 1. The highest BCUT2D eigenvalue weighted by molar-refractivity contribution is 9.10. The molecule has 0 spiro atoms. The summed E-state index contributed by atoms with van der Waals surface area (Å²) in [7, 11) is 0. The summed E-state index contributed by atoms with van der Waals surface area (Å²) >= 11 is 5.08. The summed E-state index contributed by atoms with van der Waals surface area (Å²) in [4.78, 5) is 33.8. The number of aromatic amines is 1. The van der Waals surface area contributed by atoms with Crippen LogP contribution < -0.4 is 20.8 Å². The Balaban J connectivity index is 1.79. The maximum atomic E-state index is 13.0. The van der Waals surface area contributed by atoms with E-state index in [4.69, 9.17) is 20.2 Å². The van der Waals surface area contributed by atoms with Crippen molar-refractivity contribution in [2.24, 2.45) is 5.73 Å². The molecule has 7 nitrogen and oxygen atoms in total. The molecule has 2 heterocycles. The second-order valence-corrected chi connectivity index (χ2v) is 9.07. The van der Waals surface area contributed by atoms with Crippen LogP contribution in [0.5, 0.6) is 11.5 Å². The standard InChI is InChI=1S/C21H22BrN3O4S/c1-2-28-14-9-11(8-13(22)18(14)29-10-16(23)26)19-24-20(27)17-12-6-4-3-5-7-15(12)30-21(17)25-19/h8-9H,2-7,10H2,1H3,(H2,23,26)(H,24,25,27). The van der Waals surface area contributed by atoms with Crippen molar-refractivity contribution < 1.29 is 14.3 Å². The van der Waals surface area contributed by atoms with Crippen LogP contribution in [-0.2, 0) is 17.6 Å². The number of halogens is 1. The molecule has 4 rings (SSSR count). The van der Waals surface area contributed by atoms with Crippen LogP contribution in [0, 0.1) is 0 Å². The van der Waals surface area contributed by atoms with Crippen molar-refractivity contribution in [3.63, 3.8) is 0 Å². The molecular weight excluding hydrogens is 470 g/mol. The summed E-state index contributed by atoms with van der Waals surface area (Å²) in [5, 5.41) is 0.728. The molecule has 0 atom stereocenters. The molecule has 9 heteroatoms. The average Bonchev–Trinajstić information content (AvgIpc) is 2.89. The van der Waals surface area contributed by atoms with Crippen molar-refractivity contribution in [3.05, 3.63) is 37.4 Å². The lowest BCUT2D eigenvalue weighted by atomic mass is 10.1. The lowest BCUT2D eigenvalue weighted by Gasteiger charge is -2.14. The van der Waals surface area contributed by atoms with Crippen molar-refractivity contribution in [2.75, 3.05) is 13.2 Å². The van der Waals surface area contributed by atoms with Crippen LogP contribution in [-0.4, -0.2) is 29.1 Å². The number of nitrogens with two attached hydrogens (primary N) is 1. The highest BCUT2D eigenvalue weighted by atomic mass is 79.9. The summed E-state index contributed by atoms with van der Waals surface area (Å²) in [6, 6.07) is 3.52. The molecule has 2 aromatic heterocycles. The van der Waals surface area contributed by atoms with Crippen LogP contribution in [0.2, 0.25) is 0 Å². The van der Waals surface area contributed by atoms with E-state index in [1.165, 1.54) is 16.9 Å². The fourth-order valence-electron chi connectivity index (χ4n) is 3.73. The highest BCUT2D eigenvalue weighted by Gasteiger charge is 2.20. The molecule has 0 aliphatic heterocycles. The third kappa shape index (κ3) is 4.09. The van der Waals surface area contributed by atoms with Gasteiger partial charge >= 0.3 is 0 Å². The molecule has 1 amide bonds. The fraction of sp³-hybridized carbons (Fsp3) is 0.381. The molecular formula is C21H22BrN3O4S. The van der Waals surface area contributed by atoms with Crippen LogP contribution in [0.3, 0.4) is 0 Å². The van der Waals surface area contributed by atoms with Gasteiger partial charge in [-0.05, 0) is 66.2 Å². The zero-order valence-corrected chi connectivity index (χ0v) is 19.0. The van der Waals surface area contributed by atoms with Gasteiger partial charge in [-0.15, -0.1) is 11.3 Å². The van der Waals surface area contributed by atoms with E-state index >= 15 is 0 Å². The van der Waals surface area contributed by atoms with Crippen LogP contribution in [0.15, 0.2) is 21.4 Å². The summed E-state index contributed by atoms with van der Waals surface area (Å²) in [6.45, 7) is 1.99. The van der Waals surface area contributed by atoms with Gasteiger partial charge in [0.1, 0.15) is 10.7 Å². The lowest BCUT2D eigenvalue weighted by Crippen LogP contribution is -2.20. The molecule has 0 unspecified atom stereocenters. The lowest BCUT2D eigenvalue weighted by molar-refractivity contribution is -0.119. The number of aromatic nitrogens is 2. The molecule has 1 aliphatic rings. The smallest absolute Gasteiger partial charge is 0.260 e. The topological polar surface area (TPSA) is 107 Å². The number of carbonyl (C=O) groups excluding carboxylic acids is 1. The van der Waals surface area contributed by atoms with Crippen molar-refractivity contribution in [3.8, 4) is 22.9 Å². The van der Waals surface area contributed by atoms with Gasteiger partial charge < -0.3 is 20.2 Å². The van der Waals surface area contributed by atoms with E-state index in [9.17, 15) is 9.59 Å². The Kier molecular flexibility index (Phi) is 6.10. The van der Waals surface area contributed by atoms with Crippen LogP contribution in [0.4, 0.5) is 0 Å². The fourth-order valence-corrected chi connectivity index (χ4v) is 5.55. The van der Waals surface area contributed by atoms with Crippen molar-refractivity contribution in [2.45, 2.75) is 39.0 Å². The third-order valence-corrected chi connectivity index (χ3v) is 6.79. The van der Waals surface area contributed by atoms with Gasteiger partial charge in [0.2, 0.25) is 0 Å². The third-order valence-electron chi connectivity index (χ3n) is 5.02. The molecule has 30 heavy (non-hydrogen) atoms. The minimum Gasteiger partial charge on any atom is -0.490 e. The van der Waals surface area contributed by atoms with Gasteiger partial charge in [0, 0.05) is 10.4 Å². The van der Waals surface area contributed by atoms with E-state index < -0.39 is 5.91 Å². The monoisotopic (exact) mass is 491 g/mol. The van der Waals surface area contributed by atoms with Crippen molar-refractivity contribution in [1.82, 2.24) is 9.97 Å². The zero-order chi connectivity index (χ0) is 21.3. The summed E-state index contributed by atoms with van der Waals surface area (Å²) in [5.74, 6) is 0.702. The zero-order valence-electron chi connectivity index (χ0n) is 16.5. The van der Waals surface area contributed by atoms with E-state index in [0.29, 0.717) is 34.0 Å². The van der Waals surface area contributed by atoms with E-state index in [-0.39, 0.29) is 12.2 Å². The van der Waals surface area contributed by atoms with E-state index in [2.05, 4.69) is 20.9 Å². The number of carbonyl (C=O) groups is 1. The second-order valence-electron chi connectivity index (χ2n) is 7.13. The first-order valence-electron chi connectivity index (χ1n) is 9.90. The predicted molar refractivity (Wildman–Crippen MR) is 120 cm³/mol. The number of aryl methyl sites for hydroxylation is 2. The number of H-pyrrole nitrogens is 1. The maximum Gasteiger partial charge on any atom is 0.260 e. The first kappa shape index (κ1) is 20.9. The van der Waals surface area contributed by atoms with Crippen LogP contribution in [0.25, 0.3) is 21.6 Å². The summed E-state index contributed by atoms with van der Waals surface area (Å²) in [5.41, 5.74) is 6.92. The Morgan fingerprint density at radius 3 is 2.83 bits per heavy atom. The number of benzene rings is 1. The van der Waals surface area contributed by atoms with Crippen LogP contribution >= 0.6 is 27.3 Å². The number of amides is 1. The molecule has 0 radical (unpaired) electrons. The predicted octanol–water partition coefficient (Wildman–Crippen LogP) is 3.95. The molecule has 0 bridgehead atoms. The first-order valence-corrected chi connectivity index (χ1v) is 11.5. The van der Waals surface area contributed by atoms with Gasteiger partial charge in [0.25, 0.3) is 11.5 Å². The molecule has 0 saturated heterocycles.